The maximum Gasteiger partial charge on any atom is 0.574 e. The van der Waals surface area contributed by atoms with Gasteiger partial charge in [-0.25, -0.2) is 9.97 Å². The summed E-state index contributed by atoms with van der Waals surface area (Å²) in [7, 11) is 0. The Kier molecular flexibility index (Phi) is 1.93. The minimum atomic E-state index is -4.69. The summed E-state index contributed by atoms with van der Waals surface area (Å²) in [6, 6.07) is 1.02. The van der Waals surface area contributed by atoms with Gasteiger partial charge in [-0.2, -0.15) is 0 Å². The highest BCUT2D eigenvalue weighted by Crippen LogP contribution is 2.18. The third-order valence-electron chi connectivity index (χ3n) is 0.775. The van der Waals surface area contributed by atoms with Crippen molar-refractivity contribution in [2.45, 2.75) is 6.36 Å². The minimum absolute atomic E-state index is 0.507. The molecule has 0 bridgehead atoms. The molecular weight excluding hydrogens is 161 g/mol. The van der Waals surface area contributed by atoms with Gasteiger partial charge in [0.2, 0.25) is 5.88 Å². The highest BCUT2D eigenvalue weighted by atomic mass is 19.4. The zero-order chi connectivity index (χ0) is 8.32. The molecule has 0 amide bonds. The number of hydrogen-bond donors (Lipinski definition) is 0. The quantitative estimate of drug-likeness (QED) is 0.628. The number of hydrogen-bond acceptors (Lipinski definition) is 3. The van der Waals surface area contributed by atoms with Crippen LogP contribution in [0.15, 0.2) is 18.6 Å². The molecule has 0 atom stereocenters. The number of aromatic nitrogens is 2. The molecule has 0 aliphatic heterocycles. The summed E-state index contributed by atoms with van der Waals surface area (Å²) in [5, 5.41) is 0. The fourth-order valence-electron chi connectivity index (χ4n) is 0.457. The van der Waals surface area contributed by atoms with Crippen LogP contribution in [0, 0.1) is 0 Å². The van der Waals surface area contributed by atoms with Crippen molar-refractivity contribution in [2.75, 3.05) is 0 Å². The first-order chi connectivity index (χ1) is 5.08. The van der Waals surface area contributed by atoms with Crippen LogP contribution in [-0.4, -0.2) is 16.3 Å². The second kappa shape index (κ2) is 2.73. The van der Waals surface area contributed by atoms with Crippen LogP contribution < -0.4 is 4.74 Å². The van der Waals surface area contributed by atoms with Gasteiger partial charge < -0.3 is 4.74 Å². The molecule has 0 unspecified atom stereocenters. The molecule has 0 fully saturated rings. The molecule has 1 heterocycles. The molecule has 0 saturated heterocycles. The molecule has 0 aliphatic carbocycles. The Morgan fingerprint density at radius 1 is 1.36 bits per heavy atom. The molecule has 0 saturated carbocycles. The SMILES string of the molecule is FC(F)(F)Oc1ccncn1. The zero-order valence-corrected chi connectivity index (χ0v) is 5.17. The maximum absolute atomic E-state index is 11.5. The summed E-state index contributed by atoms with van der Waals surface area (Å²) in [5.74, 6) is -0.507. The fraction of sp³-hybridized carbons (Fsp3) is 0.200. The van der Waals surface area contributed by atoms with Gasteiger partial charge in [0.15, 0.2) is 0 Å². The van der Waals surface area contributed by atoms with Crippen molar-refractivity contribution in [1.29, 1.82) is 0 Å². The molecule has 1 aromatic rings. The summed E-state index contributed by atoms with van der Waals surface area (Å²) in [4.78, 5) is 6.63. The van der Waals surface area contributed by atoms with Crippen LogP contribution in [0.5, 0.6) is 5.88 Å². The van der Waals surface area contributed by atoms with Crippen LogP contribution in [0.1, 0.15) is 0 Å². The lowest BCUT2D eigenvalue weighted by Crippen LogP contribution is -2.17. The number of halogens is 3. The highest BCUT2D eigenvalue weighted by molar-refractivity contribution is 5.04. The Balaban J connectivity index is 2.66. The van der Waals surface area contributed by atoms with Gasteiger partial charge in [0.1, 0.15) is 6.33 Å². The lowest BCUT2D eigenvalue weighted by molar-refractivity contribution is -0.276. The summed E-state index contributed by atoms with van der Waals surface area (Å²) in [5.41, 5.74) is 0. The van der Waals surface area contributed by atoms with Crippen LogP contribution in [-0.2, 0) is 0 Å². The molecule has 0 spiro atoms. The lowest BCUT2D eigenvalue weighted by atomic mass is 10.6. The molecule has 0 aromatic carbocycles. The number of alkyl halides is 3. The topological polar surface area (TPSA) is 35.0 Å². The largest absolute Gasteiger partial charge is 0.574 e. The van der Waals surface area contributed by atoms with Crippen molar-refractivity contribution in [3.63, 3.8) is 0 Å². The molecular formula is C5H3F3N2O. The van der Waals surface area contributed by atoms with E-state index in [2.05, 4.69) is 14.7 Å². The minimum Gasteiger partial charge on any atom is -0.388 e. The molecule has 60 valence electrons. The molecule has 0 aliphatic rings. The predicted molar refractivity (Wildman–Crippen MR) is 28.7 cm³/mol. The second-order valence-corrected chi connectivity index (χ2v) is 1.60. The number of ether oxygens (including phenoxy) is 1. The number of nitrogens with zero attached hydrogens (tertiary/aromatic N) is 2. The normalized spacial score (nSPS) is 11.2. The van der Waals surface area contributed by atoms with Crippen molar-refractivity contribution >= 4 is 0 Å². The molecule has 0 N–H and O–H groups in total. The number of rotatable bonds is 1. The third-order valence-corrected chi connectivity index (χ3v) is 0.775. The van der Waals surface area contributed by atoms with E-state index in [-0.39, 0.29) is 0 Å². The van der Waals surface area contributed by atoms with Gasteiger partial charge >= 0.3 is 6.36 Å². The van der Waals surface area contributed by atoms with Gasteiger partial charge in [-0.3, -0.25) is 0 Å². The lowest BCUT2D eigenvalue weighted by Gasteiger charge is -2.05. The summed E-state index contributed by atoms with van der Waals surface area (Å²) in [6.07, 6.45) is -2.55. The molecule has 6 heteroatoms. The Morgan fingerprint density at radius 2 is 2.09 bits per heavy atom. The molecule has 11 heavy (non-hydrogen) atoms. The van der Waals surface area contributed by atoms with Gasteiger partial charge in [0, 0.05) is 12.3 Å². The molecule has 1 aromatic heterocycles. The monoisotopic (exact) mass is 164 g/mol. The van der Waals surface area contributed by atoms with Crippen molar-refractivity contribution in [3.05, 3.63) is 18.6 Å². The van der Waals surface area contributed by atoms with E-state index in [1.807, 2.05) is 0 Å². The Hall–Kier alpha value is -1.33. The smallest absolute Gasteiger partial charge is 0.388 e. The van der Waals surface area contributed by atoms with Crippen LogP contribution in [0.2, 0.25) is 0 Å². The van der Waals surface area contributed by atoms with Crippen molar-refractivity contribution in [2.24, 2.45) is 0 Å². The standard InChI is InChI=1S/C5H3F3N2O/c6-5(7,8)11-4-1-2-9-3-10-4/h1-3H. The predicted octanol–water partition coefficient (Wildman–Crippen LogP) is 1.38. The van der Waals surface area contributed by atoms with E-state index in [1.54, 1.807) is 0 Å². The van der Waals surface area contributed by atoms with E-state index in [9.17, 15) is 13.2 Å². The van der Waals surface area contributed by atoms with Gasteiger partial charge in [0.25, 0.3) is 0 Å². The van der Waals surface area contributed by atoms with Crippen LogP contribution in [0.4, 0.5) is 13.2 Å². The average Bonchev–Trinajstić information content (AvgIpc) is 1.85. The average molecular weight is 164 g/mol. The first kappa shape index (κ1) is 7.77. The van der Waals surface area contributed by atoms with Crippen LogP contribution >= 0.6 is 0 Å². The molecule has 0 radical (unpaired) electrons. The van der Waals surface area contributed by atoms with Gasteiger partial charge in [0.05, 0.1) is 0 Å². The second-order valence-electron chi connectivity index (χ2n) is 1.60. The zero-order valence-electron chi connectivity index (χ0n) is 5.17. The maximum atomic E-state index is 11.5. The van der Waals surface area contributed by atoms with E-state index in [4.69, 9.17) is 0 Å². The summed E-state index contributed by atoms with van der Waals surface area (Å²) < 4.78 is 37.8. The van der Waals surface area contributed by atoms with Gasteiger partial charge in [-0.1, -0.05) is 0 Å². The highest BCUT2D eigenvalue weighted by Gasteiger charge is 2.31. The third kappa shape index (κ3) is 2.83. The molecule has 3 nitrogen and oxygen atoms in total. The Morgan fingerprint density at radius 3 is 2.55 bits per heavy atom. The summed E-state index contributed by atoms with van der Waals surface area (Å²) >= 11 is 0. The van der Waals surface area contributed by atoms with Gasteiger partial charge in [-0.05, 0) is 0 Å². The first-order valence-corrected chi connectivity index (χ1v) is 2.60. The van der Waals surface area contributed by atoms with Crippen molar-refractivity contribution in [3.8, 4) is 5.88 Å². The van der Waals surface area contributed by atoms with Gasteiger partial charge in [-0.15, -0.1) is 13.2 Å². The van der Waals surface area contributed by atoms with E-state index < -0.39 is 12.2 Å². The van der Waals surface area contributed by atoms with E-state index >= 15 is 0 Å². The van der Waals surface area contributed by atoms with Crippen molar-refractivity contribution in [1.82, 2.24) is 9.97 Å². The molecule has 1 rings (SSSR count). The fourth-order valence-corrected chi connectivity index (χ4v) is 0.457. The first-order valence-electron chi connectivity index (χ1n) is 2.60. The van der Waals surface area contributed by atoms with E-state index in [1.165, 1.54) is 0 Å². The van der Waals surface area contributed by atoms with Crippen molar-refractivity contribution < 1.29 is 17.9 Å². The Bertz CT molecular complexity index is 223. The van der Waals surface area contributed by atoms with Crippen LogP contribution in [0.3, 0.4) is 0 Å². The summed E-state index contributed by atoms with van der Waals surface area (Å²) in [6.45, 7) is 0. The Labute approximate surface area is 59.8 Å². The van der Waals surface area contributed by atoms with Crippen LogP contribution in [0.25, 0.3) is 0 Å². The van der Waals surface area contributed by atoms with E-state index in [0.29, 0.717) is 0 Å². The van der Waals surface area contributed by atoms with E-state index in [0.717, 1.165) is 18.6 Å².